The predicted octanol–water partition coefficient (Wildman–Crippen LogP) is 6.01. The third-order valence-corrected chi connectivity index (χ3v) is 4.01. The molecule has 1 nitrogen and oxygen atoms in total. The van der Waals surface area contributed by atoms with Crippen molar-refractivity contribution < 1.29 is 4.39 Å². The summed E-state index contributed by atoms with van der Waals surface area (Å²) in [5.41, 5.74) is 1.22. The summed E-state index contributed by atoms with van der Waals surface area (Å²) in [5.74, 6) is -0.149. The van der Waals surface area contributed by atoms with Gasteiger partial charge >= 0.3 is 0 Å². The second-order valence-electron chi connectivity index (χ2n) is 5.97. The molecule has 1 atom stereocenters. The van der Waals surface area contributed by atoms with Crippen LogP contribution in [0.5, 0.6) is 0 Å². The lowest BCUT2D eigenvalue weighted by Gasteiger charge is -2.19. The van der Waals surface area contributed by atoms with Gasteiger partial charge in [-0.05, 0) is 37.1 Å². The van der Waals surface area contributed by atoms with Crippen LogP contribution in [0.25, 0.3) is 0 Å². The van der Waals surface area contributed by atoms with Crippen molar-refractivity contribution >= 4 is 0 Å². The molecule has 1 unspecified atom stereocenters. The average molecular weight is 293 g/mol. The Morgan fingerprint density at radius 2 is 1.48 bits per heavy atom. The maximum absolute atomic E-state index is 13.0. The lowest BCUT2D eigenvalue weighted by Crippen LogP contribution is -2.22. The summed E-state index contributed by atoms with van der Waals surface area (Å²) in [4.78, 5) is 0. The average Bonchev–Trinajstić information content (AvgIpc) is 2.50. The third-order valence-electron chi connectivity index (χ3n) is 4.01. The summed E-state index contributed by atoms with van der Waals surface area (Å²) in [7, 11) is 0. The van der Waals surface area contributed by atoms with Crippen molar-refractivity contribution in [2.75, 3.05) is 6.54 Å². The molecule has 0 spiro atoms. The van der Waals surface area contributed by atoms with Crippen molar-refractivity contribution in [3.05, 3.63) is 35.6 Å². The van der Waals surface area contributed by atoms with E-state index in [1.54, 1.807) is 12.1 Å². The van der Waals surface area contributed by atoms with Gasteiger partial charge in [0.25, 0.3) is 0 Å². The van der Waals surface area contributed by atoms with Gasteiger partial charge in [-0.3, -0.25) is 0 Å². The molecular formula is C19H32FN. The van der Waals surface area contributed by atoms with E-state index in [4.69, 9.17) is 0 Å². The minimum absolute atomic E-state index is 0.149. The molecule has 0 saturated heterocycles. The summed E-state index contributed by atoms with van der Waals surface area (Å²) in [5, 5.41) is 3.59. The van der Waals surface area contributed by atoms with Crippen molar-refractivity contribution in [2.45, 2.75) is 77.7 Å². The van der Waals surface area contributed by atoms with Gasteiger partial charge in [-0.1, -0.05) is 70.9 Å². The number of rotatable bonds is 12. The monoisotopic (exact) mass is 293 g/mol. The third kappa shape index (κ3) is 8.21. The number of nitrogens with one attached hydrogen (secondary N) is 1. The molecule has 120 valence electrons. The minimum Gasteiger partial charge on any atom is -0.310 e. The van der Waals surface area contributed by atoms with E-state index in [9.17, 15) is 4.39 Å². The smallest absolute Gasteiger partial charge is 0.123 e. The van der Waals surface area contributed by atoms with E-state index >= 15 is 0 Å². The molecule has 2 heteroatoms. The Balaban J connectivity index is 2.31. The minimum atomic E-state index is -0.149. The molecule has 0 saturated carbocycles. The van der Waals surface area contributed by atoms with Gasteiger partial charge in [0.2, 0.25) is 0 Å². The van der Waals surface area contributed by atoms with E-state index in [2.05, 4.69) is 19.2 Å². The first-order valence-electron chi connectivity index (χ1n) is 8.76. The largest absolute Gasteiger partial charge is 0.310 e. The lowest BCUT2D eigenvalue weighted by molar-refractivity contribution is 0.465. The second-order valence-corrected chi connectivity index (χ2v) is 5.97. The van der Waals surface area contributed by atoms with Gasteiger partial charge in [0, 0.05) is 6.04 Å². The first-order valence-corrected chi connectivity index (χ1v) is 8.76. The van der Waals surface area contributed by atoms with Crippen LogP contribution >= 0.6 is 0 Å². The molecule has 1 N–H and O–H groups in total. The number of hydrogen-bond donors (Lipinski definition) is 1. The van der Waals surface area contributed by atoms with Crippen LogP contribution in [0.3, 0.4) is 0 Å². The van der Waals surface area contributed by atoms with Crippen LogP contribution < -0.4 is 5.32 Å². The van der Waals surface area contributed by atoms with Gasteiger partial charge in [0.15, 0.2) is 0 Å². The van der Waals surface area contributed by atoms with Crippen LogP contribution in [0.4, 0.5) is 4.39 Å². The highest BCUT2D eigenvalue weighted by atomic mass is 19.1. The fourth-order valence-corrected chi connectivity index (χ4v) is 2.71. The van der Waals surface area contributed by atoms with Crippen molar-refractivity contribution in [2.24, 2.45) is 0 Å². The van der Waals surface area contributed by atoms with Crippen LogP contribution in [-0.4, -0.2) is 6.54 Å². The molecular weight excluding hydrogens is 261 g/mol. The SMILES string of the molecule is CCCCCCCCCC(NCCC)c1ccc(F)cc1. The zero-order valence-corrected chi connectivity index (χ0v) is 13.8. The molecule has 1 aromatic carbocycles. The Morgan fingerprint density at radius 3 is 2.10 bits per heavy atom. The zero-order chi connectivity index (χ0) is 15.3. The molecule has 0 bridgehead atoms. The molecule has 0 aromatic heterocycles. The van der Waals surface area contributed by atoms with E-state index in [1.807, 2.05) is 12.1 Å². The summed E-state index contributed by atoms with van der Waals surface area (Å²) >= 11 is 0. The molecule has 1 rings (SSSR count). The van der Waals surface area contributed by atoms with Crippen LogP contribution in [0.1, 0.15) is 83.2 Å². The topological polar surface area (TPSA) is 12.0 Å². The first-order chi connectivity index (χ1) is 10.3. The normalized spacial score (nSPS) is 12.5. The molecule has 0 amide bonds. The van der Waals surface area contributed by atoms with Crippen molar-refractivity contribution in [1.29, 1.82) is 0 Å². The molecule has 0 fully saturated rings. The zero-order valence-electron chi connectivity index (χ0n) is 13.8. The van der Waals surface area contributed by atoms with E-state index in [0.717, 1.165) is 19.4 Å². The van der Waals surface area contributed by atoms with Crippen LogP contribution in [0, 0.1) is 5.82 Å². The summed E-state index contributed by atoms with van der Waals surface area (Å²) in [6.07, 6.45) is 11.6. The van der Waals surface area contributed by atoms with Crippen LogP contribution in [0.2, 0.25) is 0 Å². The maximum Gasteiger partial charge on any atom is 0.123 e. The summed E-state index contributed by atoms with van der Waals surface area (Å²) < 4.78 is 13.0. The lowest BCUT2D eigenvalue weighted by atomic mass is 9.99. The van der Waals surface area contributed by atoms with Crippen molar-refractivity contribution in [1.82, 2.24) is 5.32 Å². The Morgan fingerprint density at radius 1 is 0.857 bits per heavy atom. The van der Waals surface area contributed by atoms with Gasteiger partial charge in [0.1, 0.15) is 5.82 Å². The van der Waals surface area contributed by atoms with E-state index < -0.39 is 0 Å². The second kappa shape index (κ2) is 11.7. The van der Waals surface area contributed by atoms with Crippen LogP contribution in [-0.2, 0) is 0 Å². The highest BCUT2D eigenvalue weighted by Crippen LogP contribution is 2.21. The number of benzene rings is 1. The molecule has 0 radical (unpaired) electrons. The van der Waals surface area contributed by atoms with Gasteiger partial charge in [0.05, 0.1) is 0 Å². The fraction of sp³-hybridized carbons (Fsp3) is 0.684. The molecule has 21 heavy (non-hydrogen) atoms. The molecule has 0 aliphatic rings. The van der Waals surface area contributed by atoms with E-state index in [1.165, 1.54) is 50.5 Å². The number of hydrogen-bond acceptors (Lipinski definition) is 1. The van der Waals surface area contributed by atoms with Gasteiger partial charge < -0.3 is 5.32 Å². The summed E-state index contributed by atoms with van der Waals surface area (Å²) in [6.45, 7) is 5.47. The van der Waals surface area contributed by atoms with Gasteiger partial charge in [-0.25, -0.2) is 4.39 Å². The first kappa shape index (κ1) is 18.2. The number of unbranched alkanes of at least 4 members (excludes halogenated alkanes) is 6. The standard InChI is InChI=1S/C19H32FN/c1-3-5-6-7-8-9-10-11-19(21-16-4-2)17-12-14-18(20)15-13-17/h12-15,19,21H,3-11,16H2,1-2H3. The molecule has 1 aromatic rings. The molecule has 0 aliphatic carbocycles. The Labute approximate surface area is 130 Å². The van der Waals surface area contributed by atoms with Gasteiger partial charge in [-0.2, -0.15) is 0 Å². The molecule has 0 heterocycles. The van der Waals surface area contributed by atoms with E-state index in [0.29, 0.717) is 6.04 Å². The number of halogens is 1. The molecule has 0 aliphatic heterocycles. The van der Waals surface area contributed by atoms with E-state index in [-0.39, 0.29) is 5.82 Å². The fourth-order valence-electron chi connectivity index (χ4n) is 2.71. The highest BCUT2D eigenvalue weighted by Gasteiger charge is 2.10. The predicted molar refractivity (Wildman–Crippen MR) is 90.0 cm³/mol. The summed E-state index contributed by atoms with van der Waals surface area (Å²) in [6, 6.07) is 7.36. The Kier molecular flexibility index (Phi) is 10.1. The maximum atomic E-state index is 13.0. The Bertz CT molecular complexity index is 347. The van der Waals surface area contributed by atoms with Crippen molar-refractivity contribution in [3.63, 3.8) is 0 Å². The van der Waals surface area contributed by atoms with Gasteiger partial charge in [-0.15, -0.1) is 0 Å². The van der Waals surface area contributed by atoms with Crippen LogP contribution in [0.15, 0.2) is 24.3 Å². The Hall–Kier alpha value is -0.890. The quantitative estimate of drug-likeness (QED) is 0.465. The highest BCUT2D eigenvalue weighted by molar-refractivity contribution is 5.19. The van der Waals surface area contributed by atoms with Crippen molar-refractivity contribution in [3.8, 4) is 0 Å².